The summed E-state index contributed by atoms with van der Waals surface area (Å²) in [6.07, 6.45) is 3.71. The van der Waals surface area contributed by atoms with E-state index < -0.39 is 17.2 Å². The fourth-order valence-electron chi connectivity index (χ4n) is 5.36. The zero-order valence-electron chi connectivity index (χ0n) is 23.4. The third-order valence-electron chi connectivity index (χ3n) is 7.70. The van der Waals surface area contributed by atoms with Crippen LogP contribution in [0.1, 0.15) is 29.3 Å². The number of amides is 1. The normalized spacial score (nSPS) is 17.9. The lowest BCUT2D eigenvalue weighted by Gasteiger charge is -2.32. The summed E-state index contributed by atoms with van der Waals surface area (Å²) in [5, 5.41) is 5.31. The first-order valence-corrected chi connectivity index (χ1v) is 13.4. The Labute approximate surface area is 237 Å². The number of rotatable bonds is 6. The average Bonchev–Trinajstić information content (AvgIpc) is 3.61. The average molecular weight is 566 g/mol. The van der Waals surface area contributed by atoms with Crippen molar-refractivity contribution in [2.45, 2.75) is 19.0 Å². The number of fused-ring (bicyclic) bond motifs is 1. The van der Waals surface area contributed by atoms with Gasteiger partial charge in [0.2, 0.25) is 5.91 Å². The van der Waals surface area contributed by atoms with Gasteiger partial charge in [-0.2, -0.15) is 5.10 Å². The molecule has 0 radical (unpaired) electrons. The van der Waals surface area contributed by atoms with E-state index in [1.807, 2.05) is 4.68 Å². The Morgan fingerprint density at radius 2 is 1.83 bits per heavy atom. The quantitative estimate of drug-likeness (QED) is 0.359. The number of hydrogen-bond acceptors (Lipinski definition) is 8. The van der Waals surface area contributed by atoms with Crippen LogP contribution in [0.5, 0.6) is 11.5 Å². The molecule has 10 nitrogen and oxygen atoms in total. The number of anilines is 1. The molecule has 2 N–H and O–H groups in total. The largest absolute Gasteiger partial charge is 0.493 e. The summed E-state index contributed by atoms with van der Waals surface area (Å²) >= 11 is 0. The van der Waals surface area contributed by atoms with E-state index in [0.29, 0.717) is 31.4 Å². The van der Waals surface area contributed by atoms with Crippen LogP contribution in [0.3, 0.4) is 0 Å². The Kier molecular flexibility index (Phi) is 8.10. The van der Waals surface area contributed by atoms with Crippen molar-refractivity contribution in [2.75, 3.05) is 66.3 Å². The molecular formula is C29H33F2N7O3. The minimum absolute atomic E-state index is 0.152. The van der Waals surface area contributed by atoms with Crippen molar-refractivity contribution in [1.82, 2.24) is 29.5 Å². The van der Waals surface area contributed by atoms with Gasteiger partial charge in [-0.3, -0.25) is 14.4 Å². The van der Waals surface area contributed by atoms with Crippen LogP contribution in [-0.2, 0) is 11.3 Å². The van der Waals surface area contributed by atoms with Gasteiger partial charge in [0.25, 0.3) is 0 Å². The van der Waals surface area contributed by atoms with E-state index in [2.05, 4.69) is 40.3 Å². The molecule has 2 aromatic heterocycles. The van der Waals surface area contributed by atoms with Crippen molar-refractivity contribution in [3.8, 4) is 23.3 Å². The number of piperazine rings is 1. The lowest BCUT2D eigenvalue weighted by molar-refractivity contribution is -0.125. The van der Waals surface area contributed by atoms with Crippen LogP contribution in [0.4, 0.5) is 14.6 Å². The fourth-order valence-corrected chi connectivity index (χ4v) is 5.36. The molecule has 2 aliphatic rings. The molecule has 0 unspecified atom stereocenters. The molecule has 0 bridgehead atoms. The van der Waals surface area contributed by atoms with Crippen LogP contribution in [0.15, 0.2) is 24.9 Å². The molecule has 1 atom stereocenters. The number of likely N-dealkylation sites (N-methyl/N-ethyl adjacent to an activating group) is 1. The zero-order valence-corrected chi connectivity index (χ0v) is 23.4. The molecule has 41 heavy (non-hydrogen) atoms. The number of aromatic nitrogens is 3. The molecule has 0 saturated carbocycles. The number of nitrogen functional groups attached to an aromatic ring is 1. The van der Waals surface area contributed by atoms with E-state index in [1.165, 1.54) is 20.3 Å². The number of benzene rings is 1. The van der Waals surface area contributed by atoms with Gasteiger partial charge >= 0.3 is 0 Å². The SMILES string of the molecule is C=CC(=O)N1CC[C@H](n2nc(C#Cc3c(F)c(OC)cc(OC)c3F)c3c(N)ncc(CN4CCN(C)CC4)c32)C1. The second-order valence-electron chi connectivity index (χ2n) is 10.2. The number of carbonyl (C=O) groups excluding carboxylic acids is 1. The van der Waals surface area contributed by atoms with Crippen LogP contribution >= 0.6 is 0 Å². The maximum atomic E-state index is 15.1. The van der Waals surface area contributed by atoms with Crippen LogP contribution in [0, 0.1) is 23.5 Å². The number of likely N-dealkylation sites (tertiary alicyclic amines) is 1. The number of carbonyl (C=O) groups is 1. The van der Waals surface area contributed by atoms with Gasteiger partial charge in [-0.25, -0.2) is 13.8 Å². The highest BCUT2D eigenvalue weighted by atomic mass is 19.1. The summed E-state index contributed by atoms with van der Waals surface area (Å²) in [6.45, 7) is 8.88. The summed E-state index contributed by atoms with van der Waals surface area (Å²) < 4.78 is 42.1. The molecule has 3 aromatic rings. The van der Waals surface area contributed by atoms with Crippen molar-refractivity contribution in [3.63, 3.8) is 0 Å². The Balaban J connectivity index is 1.64. The van der Waals surface area contributed by atoms with Crippen molar-refractivity contribution in [3.05, 3.63) is 53.4 Å². The van der Waals surface area contributed by atoms with Crippen molar-refractivity contribution < 1.29 is 23.0 Å². The van der Waals surface area contributed by atoms with E-state index in [-0.39, 0.29) is 35.0 Å². The summed E-state index contributed by atoms with van der Waals surface area (Å²) in [4.78, 5) is 23.1. The number of halogens is 2. The van der Waals surface area contributed by atoms with Gasteiger partial charge in [0, 0.05) is 63.6 Å². The third-order valence-corrected chi connectivity index (χ3v) is 7.70. The van der Waals surface area contributed by atoms with Crippen molar-refractivity contribution in [1.29, 1.82) is 0 Å². The molecule has 2 saturated heterocycles. The molecule has 4 heterocycles. The Hall–Kier alpha value is -4.21. The first kappa shape index (κ1) is 28.3. The molecule has 2 aliphatic heterocycles. The van der Waals surface area contributed by atoms with Gasteiger partial charge < -0.3 is 25.0 Å². The van der Waals surface area contributed by atoms with Gasteiger partial charge in [-0.15, -0.1) is 0 Å². The van der Waals surface area contributed by atoms with Gasteiger partial charge in [-0.1, -0.05) is 12.5 Å². The van der Waals surface area contributed by atoms with Gasteiger partial charge in [0.05, 0.1) is 31.2 Å². The summed E-state index contributed by atoms with van der Waals surface area (Å²) in [7, 11) is 4.65. The zero-order chi connectivity index (χ0) is 29.3. The topological polar surface area (TPSA) is 102 Å². The lowest BCUT2D eigenvalue weighted by Crippen LogP contribution is -2.44. The first-order chi connectivity index (χ1) is 19.7. The van der Waals surface area contributed by atoms with Crippen LogP contribution in [0.2, 0.25) is 0 Å². The maximum Gasteiger partial charge on any atom is 0.246 e. The monoisotopic (exact) mass is 565 g/mol. The standard InChI is InChI=1S/C29H33F2N7O3/c1-5-24(39)37-9-8-19(17-37)38-28-18(16-36-12-10-35(2)11-13-36)15-33-29(32)25(28)21(34-38)7-6-20-26(30)22(40-3)14-23(41-4)27(20)31/h5,14-15,19H,1,8-13,16-17H2,2-4H3,(H2,32,33)/t19-/m0/s1. The summed E-state index contributed by atoms with van der Waals surface area (Å²) in [5.74, 6) is 3.21. The Morgan fingerprint density at radius 1 is 1.15 bits per heavy atom. The number of pyridine rings is 1. The second kappa shape index (κ2) is 11.7. The number of hydrogen-bond donors (Lipinski definition) is 1. The van der Waals surface area contributed by atoms with Crippen molar-refractivity contribution in [2.24, 2.45) is 0 Å². The van der Waals surface area contributed by atoms with Crippen molar-refractivity contribution >= 4 is 22.6 Å². The summed E-state index contributed by atoms with van der Waals surface area (Å²) in [6, 6.07) is 0.971. The van der Waals surface area contributed by atoms with Crippen LogP contribution < -0.4 is 15.2 Å². The smallest absolute Gasteiger partial charge is 0.246 e. The number of methoxy groups -OCH3 is 2. The van der Waals surface area contributed by atoms with Gasteiger partial charge in [-0.05, 0) is 25.5 Å². The first-order valence-electron chi connectivity index (χ1n) is 13.4. The van der Waals surface area contributed by atoms with Gasteiger partial charge in [0.1, 0.15) is 17.1 Å². The molecule has 12 heteroatoms. The highest BCUT2D eigenvalue weighted by Crippen LogP contribution is 2.34. The molecule has 0 aliphatic carbocycles. The van der Waals surface area contributed by atoms with E-state index in [9.17, 15) is 4.79 Å². The molecular weight excluding hydrogens is 532 g/mol. The highest BCUT2D eigenvalue weighted by molar-refractivity contribution is 5.95. The maximum absolute atomic E-state index is 15.1. The highest BCUT2D eigenvalue weighted by Gasteiger charge is 2.30. The number of nitrogens with two attached hydrogens (primary N) is 1. The molecule has 5 rings (SSSR count). The van der Waals surface area contributed by atoms with E-state index in [4.69, 9.17) is 20.3 Å². The predicted molar refractivity (Wildman–Crippen MR) is 151 cm³/mol. The number of ether oxygens (including phenoxy) is 2. The molecule has 0 spiro atoms. The molecule has 1 amide bonds. The van der Waals surface area contributed by atoms with E-state index >= 15 is 8.78 Å². The van der Waals surface area contributed by atoms with E-state index in [1.54, 1.807) is 11.1 Å². The van der Waals surface area contributed by atoms with Gasteiger partial charge in [0.15, 0.2) is 23.1 Å². The molecule has 1 aromatic carbocycles. The fraction of sp³-hybridized carbons (Fsp3) is 0.414. The van der Waals surface area contributed by atoms with Crippen LogP contribution in [0.25, 0.3) is 10.9 Å². The third kappa shape index (κ3) is 5.42. The number of nitrogens with zero attached hydrogens (tertiary/aromatic N) is 6. The molecule has 2 fully saturated rings. The Morgan fingerprint density at radius 3 is 2.46 bits per heavy atom. The minimum atomic E-state index is -0.946. The lowest BCUT2D eigenvalue weighted by atomic mass is 10.1. The second-order valence-corrected chi connectivity index (χ2v) is 10.2. The summed E-state index contributed by atoms with van der Waals surface area (Å²) in [5.41, 5.74) is 7.78. The Bertz CT molecular complexity index is 1530. The minimum Gasteiger partial charge on any atom is -0.493 e. The predicted octanol–water partition coefficient (Wildman–Crippen LogP) is 2.42. The molecule has 216 valence electrons. The van der Waals surface area contributed by atoms with E-state index in [0.717, 1.165) is 43.3 Å². The van der Waals surface area contributed by atoms with Crippen LogP contribution in [-0.4, -0.2) is 95.9 Å².